The van der Waals surface area contributed by atoms with Crippen molar-refractivity contribution in [1.82, 2.24) is 0 Å². The Morgan fingerprint density at radius 3 is 2.56 bits per heavy atom. The molecule has 1 heteroatoms. The van der Waals surface area contributed by atoms with Gasteiger partial charge in [-0.05, 0) is 33.6 Å². The lowest BCUT2D eigenvalue weighted by Gasteiger charge is -2.03. The molecule has 0 spiro atoms. The minimum atomic E-state index is -0.564. The SMILES string of the molecule is C#Cc1ccc2c(c1)-c1ccccc1[Si]2C. The van der Waals surface area contributed by atoms with Crippen molar-refractivity contribution in [2.75, 3.05) is 0 Å². The van der Waals surface area contributed by atoms with Gasteiger partial charge in [-0.1, -0.05) is 42.8 Å². The summed E-state index contributed by atoms with van der Waals surface area (Å²) in [4.78, 5) is 0. The third kappa shape index (κ3) is 1.17. The first kappa shape index (κ1) is 9.44. The van der Waals surface area contributed by atoms with Gasteiger partial charge in [0.2, 0.25) is 0 Å². The minimum Gasteiger partial charge on any atom is -0.115 e. The number of hydrogen-bond donors (Lipinski definition) is 0. The predicted molar refractivity (Wildman–Crippen MR) is 70.7 cm³/mol. The van der Waals surface area contributed by atoms with E-state index in [9.17, 15) is 0 Å². The van der Waals surface area contributed by atoms with Crippen molar-refractivity contribution in [2.45, 2.75) is 6.55 Å². The third-order valence-corrected chi connectivity index (χ3v) is 5.70. The Hall–Kier alpha value is -1.78. The number of hydrogen-bond acceptors (Lipinski definition) is 0. The van der Waals surface area contributed by atoms with Crippen molar-refractivity contribution in [3.8, 4) is 23.5 Å². The second kappa shape index (κ2) is 3.36. The van der Waals surface area contributed by atoms with Gasteiger partial charge in [-0.3, -0.25) is 0 Å². The molecule has 0 N–H and O–H groups in total. The first-order valence-electron chi connectivity index (χ1n) is 5.35. The highest BCUT2D eigenvalue weighted by Gasteiger charge is 2.26. The van der Waals surface area contributed by atoms with Crippen molar-refractivity contribution in [1.29, 1.82) is 0 Å². The summed E-state index contributed by atoms with van der Waals surface area (Å²) in [7, 11) is -0.564. The molecule has 2 aromatic rings. The highest BCUT2D eigenvalue weighted by atomic mass is 28.3. The summed E-state index contributed by atoms with van der Waals surface area (Å²) in [6.45, 7) is 2.35. The van der Waals surface area contributed by atoms with Crippen LogP contribution in [0, 0.1) is 12.3 Å². The molecular formula is C15H11Si. The minimum absolute atomic E-state index is 0.564. The van der Waals surface area contributed by atoms with Gasteiger partial charge in [0.1, 0.15) is 8.80 Å². The van der Waals surface area contributed by atoms with E-state index in [1.54, 1.807) is 0 Å². The van der Waals surface area contributed by atoms with Crippen molar-refractivity contribution in [2.24, 2.45) is 0 Å². The van der Waals surface area contributed by atoms with Crippen molar-refractivity contribution < 1.29 is 0 Å². The molecule has 0 saturated carbocycles. The van der Waals surface area contributed by atoms with E-state index in [2.05, 4.69) is 54.9 Å². The van der Waals surface area contributed by atoms with E-state index in [1.165, 1.54) is 21.5 Å². The van der Waals surface area contributed by atoms with Gasteiger partial charge in [-0.2, -0.15) is 0 Å². The highest BCUT2D eigenvalue weighted by molar-refractivity contribution is 6.88. The molecule has 75 valence electrons. The molecule has 0 amide bonds. The molecule has 0 atom stereocenters. The summed E-state index contributed by atoms with van der Waals surface area (Å²) in [6.07, 6.45) is 5.46. The Bertz CT molecular complexity index is 605. The van der Waals surface area contributed by atoms with Crippen LogP contribution in [0.4, 0.5) is 0 Å². The second-order valence-electron chi connectivity index (χ2n) is 4.08. The van der Waals surface area contributed by atoms with Crippen molar-refractivity contribution in [3.63, 3.8) is 0 Å². The van der Waals surface area contributed by atoms with Crippen LogP contribution in [-0.2, 0) is 0 Å². The van der Waals surface area contributed by atoms with Gasteiger partial charge < -0.3 is 0 Å². The molecule has 3 rings (SSSR count). The maximum atomic E-state index is 5.46. The van der Waals surface area contributed by atoms with E-state index in [4.69, 9.17) is 6.42 Å². The number of rotatable bonds is 0. The van der Waals surface area contributed by atoms with Crippen molar-refractivity contribution >= 4 is 19.2 Å². The lowest BCUT2D eigenvalue weighted by atomic mass is 10.0. The van der Waals surface area contributed by atoms with Crippen LogP contribution in [-0.4, -0.2) is 8.80 Å². The van der Waals surface area contributed by atoms with Gasteiger partial charge in [-0.15, -0.1) is 6.42 Å². The molecule has 0 nitrogen and oxygen atoms in total. The van der Waals surface area contributed by atoms with Gasteiger partial charge in [0, 0.05) is 5.56 Å². The first-order valence-corrected chi connectivity index (χ1v) is 7.35. The predicted octanol–water partition coefficient (Wildman–Crippen LogP) is 1.89. The van der Waals surface area contributed by atoms with Gasteiger partial charge in [0.05, 0.1) is 0 Å². The van der Waals surface area contributed by atoms with E-state index < -0.39 is 8.80 Å². The molecule has 1 aliphatic rings. The molecule has 2 aromatic carbocycles. The Kier molecular flexibility index (Phi) is 1.99. The van der Waals surface area contributed by atoms with E-state index in [0.29, 0.717) is 0 Å². The smallest absolute Gasteiger partial charge is 0.115 e. The van der Waals surface area contributed by atoms with Gasteiger partial charge in [-0.25, -0.2) is 0 Å². The van der Waals surface area contributed by atoms with E-state index in [0.717, 1.165) is 5.56 Å². The normalized spacial score (nSPS) is 13.0. The average Bonchev–Trinajstić information content (AvgIpc) is 2.64. The number of terminal acetylenes is 1. The van der Waals surface area contributed by atoms with Gasteiger partial charge >= 0.3 is 0 Å². The largest absolute Gasteiger partial charge is 0.119 e. The fourth-order valence-corrected chi connectivity index (χ4v) is 4.58. The summed E-state index contributed by atoms with van der Waals surface area (Å²) < 4.78 is 0. The first-order chi connectivity index (χ1) is 7.81. The Morgan fingerprint density at radius 2 is 1.75 bits per heavy atom. The molecule has 1 radical (unpaired) electrons. The quantitative estimate of drug-likeness (QED) is 0.469. The Balaban J connectivity index is 2.32. The maximum absolute atomic E-state index is 5.46. The number of benzene rings is 2. The van der Waals surface area contributed by atoms with E-state index in [-0.39, 0.29) is 0 Å². The maximum Gasteiger partial charge on any atom is 0.119 e. The van der Waals surface area contributed by atoms with Crippen LogP contribution in [0.2, 0.25) is 6.55 Å². The molecule has 0 unspecified atom stereocenters. The van der Waals surface area contributed by atoms with Crippen LogP contribution in [0.5, 0.6) is 0 Å². The van der Waals surface area contributed by atoms with Crippen LogP contribution >= 0.6 is 0 Å². The topological polar surface area (TPSA) is 0 Å². The lowest BCUT2D eigenvalue weighted by Crippen LogP contribution is -2.34. The molecular weight excluding hydrogens is 208 g/mol. The summed E-state index contributed by atoms with van der Waals surface area (Å²) in [5, 5.41) is 3.00. The van der Waals surface area contributed by atoms with Gasteiger partial charge in [0.15, 0.2) is 0 Å². The van der Waals surface area contributed by atoms with E-state index >= 15 is 0 Å². The fraction of sp³-hybridized carbons (Fsp3) is 0.0667. The van der Waals surface area contributed by atoms with Crippen LogP contribution in [0.25, 0.3) is 11.1 Å². The summed E-state index contributed by atoms with van der Waals surface area (Å²) in [5.74, 6) is 2.71. The van der Waals surface area contributed by atoms with Crippen LogP contribution in [0.1, 0.15) is 5.56 Å². The molecule has 0 fully saturated rings. The highest BCUT2D eigenvalue weighted by Crippen LogP contribution is 2.23. The molecule has 0 bridgehead atoms. The van der Waals surface area contributed by atoms with E-state index in [1.807, 2.05) is 0 Å². The van der Waals surface area contributed by atoms with Crippen LogP contribution < -0.4 is 10.4 Å². The Morgan fingerprint density at radius 1 is 1.00 bits per heavy atom. The summed E-state index contributed by atoms with van der Waals surface area (Å²) in [6, 6.07) is 15.1. The fourth-order valence-electron chi connectivity index (χ4n) is 2.37. The van der Waals surface area contributed by atoms with Gasteiger partial charge in [0.25, 0.3) is 0 Å². The molecule has 1 aliphatic heterocycles. The molecule has 1 heterocycles. The third-order valence-electron chi connectivity index (χ3n) is 3.21. The average molecular weight is 219 g/mol. The summed E-state index contributed by atoms with van der Waals surface area (Å²) >= 11 is 0. The second-order valence-corrected chi connectivity index (χ2v) is 6.40. The Labute approximate surface area is 97.6 Å². The molecule has 0 saturated heterocycles. The molecule has 0 aromatic heterocycles. The zero-order chi connectivity index (χ0) is 11.1. The molecule has 16 heavy (non-hydrogen) atoms. The molecule has 0 aliphatic carbocycles. The van der Waals surface area contributed by atoms with Crippen molar-refractivity contribution in [3.05, 3.63) is 48.0 Å². The van der Waals surface area contributed by atoms with Crippen LogP contribution in [0.3, 0.4) is 0 Å². The lowest BCUT2D eigenvalue weighted by molar-refractivity contribution is 1.66. The zero-order valence-corrected chi connectivity index (χ0v) is 10.1. The standard InChI is InChI=1S/C15H11Si/c1-3-11-8-9-15-13(10-11)12-6-4-5-7-14(12)16(15)2/h1,4-10H,2H3. The zero-order valence-electron chi connectivity index (χ0n) is 9.12. The summed E-state index contributed by atoms with van der Waals surface area (Å²) in [5.41, 5.74) is 3.71. The van der Waals surface area contributed by atoms with Crippen LogP contribution in [0.15, 0.2) is 42.5 Å². The number of fused-ring (bicyclic) bond motifs is 3. The monoisotopic (exact) mass is 219 g/mol.